The summed E-state index contributed by atoms with van der Waals surface area (Å²) in [5.41, 5.74) is 0.623. The molecule has 0 aliphatic carbocycles. The Morgan fingerprint density at radius 2 is 2.17 bits per heavy atom. The number of carbonyl (C=O) groups excluding carboxylic acids is 1. The molecule has 9 heteroatoms. The summed E-state index contributed by atoms with van der Waals surface area (Å²) < 4.78 is 1.11. The van der Waals surface area contributed by atoms with Crippen molar-refractivity contribution in [3.05, 3.63) is 40.9 Å². The van der Waals surface area contributed by atoms with Crippen LogP contribution in [0.2, 0.25) is 0 Å². The molecule has 0 aliphatic heterocycles. The molecule has 2 aromatic rings. The van der Waals surface area contributed by atoms with E-state index >= 15 is 0 Å². The molecule has 0 aliphatic rings. The van der Waals surface area contributed by atoms with E-state index in [2.05, 4.69) is 25.9 Å². The lowest BCUT2D eigenvalue weighted by molar-refractivity contribution is -0.121. The molecule has 0 bridgehead atoms. The van der Waals surface area contributed by atoms with Crippen molar-refractivity contribution in [1.82, 2.24) is 25.3 Å². The number of carbonyl (C=O) groups is 1. The van der Waals surface area contributed by atoms with Crippen LogP contribution < -0.4 is 21.1 Å². The van der Waals surface area contributed by atoms with E-state index in [1.165, 1.54) is 18.3 Å². The Morgan fingerprint density at radius 1 is 1.35 bits per heavy atom. The van der Waals surface area contributed by atoms with E-state index in [-0.39, 0.29) is 18.0 Å². The Labute approximate surface area is 133 Å². The highest BCUT2D eigenvalue weighted by Crippen LogP contribution is 2.12. The van der Waals surface area contributed by atoms with E-state index in [4.69, 9.17) is 0 Å². The third-order valence-corrected chi connectivity index (χ3v) is 2.99. The molecule has 9 nitrogen and oxygen atoms in total. The highest BCUT2D eigenvalue weighted by atomic mass is 16.2. The van der Waals surface area contributed by atoms with Gasteiger partial charge in [-0.05, 0) is 6.07 Å². The van der Waals surface area contributed by atoms with Crippen molar-refractivity contribution in [3.63, 3.8) is 0 Å². The summed E-state index contributed by atoms with van der Waals surface area (Å²) in [5.74, 6) is 0.354. The van der Waals surface area contributed by atoms with Crippen molar-refractivity contribution in [2.45, 2.75) is 6.54 Å². The van der Waals surface area contributed by atoms with Crippen LogP contribution in [0.4, 0.5) is 11.5 Å². The van der Waals surface area contributed by atoms with Crippen LogP contribution in [0.3, 0.4) is 0 Å². The van der Waals surface area contributed by atoms with Gasteiger partial charge in [-0.1, -0.05) is 0 Å². The number of hydrogen-bond acceptors (Lipinski definition) is 7. The van der Waals surface area contributed by atoms with Crippen LogP contribution in [0.15, 0.2) is 35.4 Å². The summed E-state index contributed by atoms with van der Waals surface area (Å²) in [6.45, 7) is 0.790. The molecule has 0 spiro atoms. The summed E-state index contributed by atoms with van der Waals surface area (Å²) in [6.07, 6.45) is 3.13. The molecule has 0 aromatic carbocycles. The minimum absolute atomic E-state index is 0.102. The fourth-order valence-corrected chi connectivity index (χ4v) is 1.78. The van der Waals surface area contributed by atoms with E-state index in [0.29, 0.717) is 18.9 Å². The molecule has 0 saturated heterocycles. The zero-order valence-electron chi connectivity index (χ0n) is 13.1. The molecule has 2 rings (SSSR count). The number of nitrogens with zero attached hydrogens (tertiary/aromatic N) is 5. The van der Waals surface area contributed by atoms with Crippen LogP contribution in [-0.2, 0) is 11.3 Å². The van der Waals surface area contributed by atoms with Gasteiger partial charge >= 0.3 is 0 Å². The van der Waals surface area contributed by atoms with Gasteiger partial charge in [-0.15, -0.1) is 5.10 Å². The monoisotopic (exact) mass is 317 g/mol. The standard InChI is InChI=1S/C14H19N7O2/c1-20(2)11-8-12(19-17-9-11)15-6-7-16-13(22)10-21-14(23)4-3-5-18-21/h3-5,8-9H,6-7,10H2,1-2H3,(H,15,19)(H,16,22). The quantitative estimate of drug-likeness (QED) is 0.652. The minimum Gasteiger partial charge on any atom is -0.376 e. The molecule has 0 radical (unpaired) electrons. The molecular weight excluding hydrogens is 298 g/mol. The maximum absolute atomic E-state index is 11.7. The van der Waals surface area contributed by atoms with E-state index in [1.807, 2.05) is 25.1 Å². The largest absolute Gasteiger partial charge is 0.376 e. The topological polar surface area (TPSA) is 105 Å². The zero-order chi connectivity index (χ0) is 16.7. The minimum atomic E-state index is -0.309. The van der Waals surface area contributed by atoms with Crippen molar-refractivity contribution in [1.29, 1.82) is 0 Å². The second-order valence-electron chi connectivity index (χ2n) is 4.99. The molecule has 122 valence electrons. The molecule has 23 heavy (non-hydrogen) atoms. The average molecular weight is 317 g/mol. The van der Waals surface area contributed by atoms with Crippen molar-refractivity contribution in [3.8, 4) is 0 Å². The van der Waals surface area contributed by atoms with Gasteiger partial charge in [0.15, 0.2) is 5.82 Å². The summed E-state index contributed by atoms with van der Waals surface area (Å²) >= 11 is 0. The first-order chi connectivity index (χ1) is 11.1. The van der Waals surface area contributed by atoms with Crippen LogP contribution in [0, 0.1) is 0 Å². The molecule has 2 aromatic heterocycles. The van der Waals surface area contributed by atoms with Crippen LogP contribution in [0.1, 0.15) is 0 Å². The fourth-order valence-electron chi connectivity index (χ4n) is 1.78. The van der Waals surface area contributed by atoms with Crippen molar-refractivity contribution in [2.24, 2.45) is 0 Å². The smallest absolute Gasteiger partial charge is 0.267 e. The van der Waals surface area contributed by atoms with Crippen LogP contribution in [-0.4, -0.2) is 53.1 Å². The Bertz CT molecular complexity index is 714. The summed E-state index contributed by atoms with van der Waals surface area (Å²) in [6, 6.07) is 4.75. The Kier molecular flexibility index (Phi) is 5.61. The second kappa shape index (κ2) is 7.87. The van der Waals surface area contributed by atoms with Crippen molar-refractivity contribution in [2.75, 3.05) is 37.4 Å². The van der Waals surface area contributed by atoms with Gasteiger partial charge in [-0.3, -0.25) is 9.59 Å². The lowest BCUT2D eigenvalue weighted by Gasteiger charge is -2.13. The summed E-state index contributed by atoms with van der Waals surface area (Å²) in [7, 11) is 3.83. The van der Waals surface area contributed by atoms with E-state index < -0.39 is 0 Å². The van der Waals surface area contributed by atoms with Gasteiger partial charge in [-0.2, -0.15) is 10.2 Å². The maximum atomic E-state index is 11.7. The van der Waals surface area contributed by atoms with Crippen molar-refractivity contribution < 1.29 is 4.79 Å². The SMILES string of the molecule is CN(C)c1cnnc(NCCNC(=O)Cn2ncccc2=O)c1. The van der Waals surface area contributed by atoms with Gasteiger partial charge in [0.2, 0.25) is 5.91 Å². The van der Waals surface area contributed by atoms with Gasteiger partial charge in [0.25, 0.3) is 5.56 Å². The van der Waals surface area contributed by atoms with Gasteiger partial charge in [-0.25, -0.2) is 4.68 Å². The predicted octanol–water partition coefficient (Wildman–Crippen LogP) is -0.672. The van der Waals surface area contributed by atoms with E-state index in [9.17, 15) is 9.59 Å². The number of anilines is 2. The van der Waals surface area contributed by atoms with E-state index in [1.54, 1.807) is 6.20 Å². The number of hydrogen-bond donors (Lipinski definition) is 2. The molecule has 2 N–H and O–H groups in total. The first-order valence-electron chi connectivity index (χ1n) is 7.09. The normalized spacial score (nSPS) is 10.2. The highest BCUT2D eigenvalue weighted by Gasteiger charge is 2.04. The summed E-state index contributed by atoms with van der Waals surface area (Å²) in [5, 5.41) is 17.5. The van der Waals surface area contributed by atoms with Crippen LogP contribution in [0.25, 0.3) is 0 Å². The van der Waals surface area contributed by atoms with Gasteiger partial charge in [0.05, 0.1) is 11.9 Å². The molecule has 0 fully saturated rings. The van der Waals surface area contributed by atoms with Gasteiger partial charge in [0.1, 0.15) is 6.54 Å². The zero-order valence-corrected chi connectivity index (χ0v) is 13.1. The predicted molar refractivity (Wildman–Crippen MR) is 86.4 cm³/mol. The molecular formula is C14H19N7O2. The first kappa shape index (κ1) is 16.4. The Hall–Kier alpha value is -2.97. The number of rotatable bonds is 7. The Balaban J connectivity index is 1.75. The number of nitrogens with one attached hydrogen (secondary N) is 2. The fraction of sp³-hybridized carbons (Fsp3) is 0.357. The lowest BCUT2D eigenvalue weighted by Crippen LogP contribution is -2.35. The van der Waals surface area contributed by atoms with Crippen LogP contribution in [0.5, 0.6) is 0 Å². The highest BCUT2D eigenvalue weighted by molar-refractivity contribution is 5.75. The number of amides is 1. The number of aromatic nitrogens is 4. The van der Waals surface area contributed by atoms with Crippen LogP contribution >= 0.6 is 0 Å². The Morgan fingerprint density at radius 3 is 2.91 bits per heavy atom. The lowest BCUT2D eigenvalue weighted by atomic mass is 10.4. The third-order valence-electron chi connectivity index (χ3n) is 2.99. The molecule has 0 unspecified atom stereocenters. The molecule has 1 amide bonds. The first-order valence-corrected chi connectivity index (χ1v) is 7.09. The van der Waals surface area contributed by atoms with Gasteiger partial charge in [0, 0.05) is 45.5 Å². The molecule has 2 heterocycles. The third kappa shape index (κ3) is 5.06. The molecule has 0 atom stereocenters. The average Bonchev–Trinajstić information content (AvgIpc) is 2.54. The second-order valence-corrected chi connectivity index (χ2v) is 4.99. The maximum Gasteiger partial charge on any atom is 0.267 e. The van der Waals surface area contributed by atoms with Gasteiger partial charge < -0.3 is 15.5 Å². The summed E-state index contributed by atoms with van der Waals surface area (Å²) in [4.78, 5) is 25.1. The van der Waals surface area contributed by atoms with Crippen molar-refractivity contribution >= 4 is 17.4 Å². The molecule has 0 saturated carbocycles. The van der Waals surface area contributed by atoms with E-state index in [0.717, 1.165) is 10.4 Å².